The number of nitrogens with zero attached hydrogens (tertiary/aromatic N) is 1. The zero-order valence-electron chi connectivity index (χ0n) is 10.5. The molecule has 1 aliphatic rings. The van der Waals surface area contributed by atoms with Crippen molar-refractivity contribution in [3.63, 3.8) is 0 Å². The lowest BCUT2D eigenvalue weighted by molar-refractivity contribution is 0.191. The summed E-state index contributed by atoms with van der Waals surface area (Å²) in [6, 6.07) is 0.829. The van der Waals surface area contributed by atoms with E-state index in [1.54, 1.807) is 0 Å². The van der Waals surface area contributed by atoms with Gasteiger partial charge in [-0.2, -0.15) is 4.98 Å². The van der Waals surface area contributed by atoms with Gasteiger partial charge in [0.05, 0.1) is 0 Å². The Balaban J connectivity index is 2.12. The third-order valence-corrected chi connectivity index (χ3v) is 3.02. The first-order valence-corrected chi connectivity index (χ1v) is 6.47. The van der Waals surface area contributed by atoms with Gasteiger partial charge in [0.2, 0.25) is 0 Å². The number of nitrogens with one attached hydrogen (secondary N) is 1. The fourth-order valence-electron chi connectivity index (χ4n) is 2.06. The maximum atomic E-state index is 13.6. The van der Waals surface area contributed by atoms with E-state index in [9.17, 15) is 8.78 Å². The summed E-state index contributed by atoms with van der Waals surface area (Å²) < 4.78 is 32.5. The SMILES string of the molecule is CCCNc1nc(OC2CCCC2)c(F)cc1F. The van der Waals surface area contributed by atoms with Crippen molar-refractivity contribution in [2.45, 2.75) is 45.1 Å². The van der Waals surface area contributed by atoms with Gasteiger partial charge in [0.1, 0.15) is 6.10 Å². The van der Waals surface area contributed by atoms with Crippen LogP contribution >= 0.6 is 0 Å². The van der Waals surface area contributed by atoms with Crippen LogP contribution in [0, 0.1) is 11.6 Å². The normalized spacial score (nSPS) is 15.9. The fraction of sp³-hybridized carbons (Fsp3) is 0.615. The van der Waals surface area contributed by atoms with Gasteiger partial charge in [-0.15, -0.1) is 0 Å². The van der Waals surface area contributed by atoms with Crippen molar-refractivity contribution >= 4 is 5.82 Å². The summed E-state index contributed by atoms with van der Waals surface area (Å²) in [5.74, 6) is -1.45. The zero-order chi connectivity index (χ0) is 13.0. The summed E-state index contributed by atoms with van der Waals surface area (Å²) in [6.45, 7) is 2.56. The van der Waals surface area contributed by atoms with Crippen LogP contribution in [-0.2, 0) is 0 Å². The summed E-state index contributed by atoms with van der Waals surface area (Å²) in [5.41, 5.74) is 0. The summed E-state index contributed by atoms with van der Waals surface area (Å²) in [4.78, 5) is 3.89. The highest BCUT2D eigenvalue weighted by atomic mass is 19.1. The quantitative estimate of drug-likeness (QED) is 0.875. The molecule has 18 heavy (non-hydrogen) atoms. The first kappa shape index (κ1) is 13.1. The van der Waals surface area contributed by atoms with Crippen LogP contribution in [0.1, 0.15) is 39.0 Å². The Kier molecular flexibility index (Phi) is 4.33. The minimum atomic E-state index is -0.735. The Hall–Kier alpha value is -1.39. The van der Waals surface area contributed by atoms with E-state index in [4.69, 9.17) is 4.74 Å². The van der Waals surface area contributed by atoms with Gasteiger partial charge in [-0.3, -0.25) is 0 Å². The molecule has 0 bridgehead atoms. The largest absolute Gasteiger partial charge is 0.472 e. The minimum Gasteiger partial charge on any atom is -0.472 e. The van der Waals surface area contributed by atoms with Crippen LogP contribution in [0.15, 0.2) is 6.07 Å². The van der Waals surface area contributed by atoms with E-state index < -0.39 is 11.6 Å². The smallest absolute Gasteiger partial charge is 0.252 e. The lowest BCUT2D eigenvalue weighted by atomic mass is 10.3. The van der Waals surface area contributed by atoms with Crippen molar-refractivity contribution in [3.05, 3.63) is 17.7 Å². The van der Waals surface area contributed by atoms with E-state index in [0.717, 1.165) is 38.2 Å². The number of aromatic nitrogens is 1. The molecule has 1 aliphatic carbocycles. The highest BCUT2D eigenvalue weighted by Crippen LogP contribution is 2.26. The van der Waals surface area contributed by atoms with Crippen molar-refractivity contribution in [1.82, 2.24) is 4.98 Å². The molecule has 1 aromatic heterocycles. The van der Waals surface area contributed by atoms with Crippen LogP contribution < -0.4 is 10.1 Å². The predicted molar refractivity (Wildman–Crippen MR) is 65.8 cm³/mol. The molecule has 2 rings (SSSR count). The number of anilines is 1. The van der Waals surface area contributed by atoms with Crippen LogP contribution in [0.3, 0.4) is 0 Å². The molecule has 0 atom stereocenters. The molecule has 0 spiro atoms. The standard InChI is InChI=1S/C13H18F2N2O/c1-2-7-16-12-10(14)8-11(15)13(17-12)18-9-5-3-4-6-9/h8-9H,2-7H2,1H3,(H,16,17). The summed E-state index contributed by atoms with van der Waals surface area (Å²) in [5, 5.41) is 2.82. The zero-order valence-corrected chi connectivity index (χ0v) is 10.5. The Labute approximate surface area is 106 Å². The maximum Gasteiger partial charge on any atom is 0.252 e. The van der Waals surface area contributed by atoms with E-state index in [1.807, 2.05) is 6.92 Å². The molecule has 0 aliphatic heterocycles. The first-order chi connectivity index (χ1) is 8.70. The molecule has 1 fully saturated rings. The van der Waals surface area contributed by atoms with Gasteiger partial charge in [-0.1, -0.05) is 6.92 Å². The van der Waals surface area contributed by atoms with E-state index in [-0.39, 0.29) is 17.8 Å². The summed E-state index contributed by atoms with van der Waals surface area (Å²) in [6.07, 6.45) is 4.86. The Morgan fingerprint density at radius 1 is 1.33 bits per heavy atom. The number of pyridine rings is 1. The monoisotopic (exact) mass is 256 g/mol. The minimum absolute atomic E-state index is 0.0106. The molecule has 3 nitrogen and oxygen atoms in total. The van der Waals surface area contributed by atoms with Gasteiger partial charge in [0, 0.05) is 12.6 Å². The Morgan fingerprint density at radius 2 is 2.06 bits per heavy atom. The molecule has 0 radical (unpaired) electrons. The van der Waals surface area contributed by atoms with E-state index >= 15 is 0 Å². The van der Waals surface area contributed by atoms with Crippen molar-refractivity contribution < 1.29 is 13.5 Å². The second-order valence-corrected chi connectivity index (χ2v) is 4.56. The average molecular weight is 256 g/mol. The molecule has 1 aromatic rings. The number of halogens is 2. The number of rotatable bonds is 5. The summed E-state index contributed by atoms with van der Waals surface area (Å²) >= 11 is 0. The van der Waals surface area contributed by atoms with Gasteiger partial charge in [0.15, 0.2) is 17.5 Å². The van der Waals surface area contributed by atoms with Crippen molar-refractivity contribution in [2.75, 3.05) is 11.9 Å². The molecule has 1 heterocycles. The van der Waals surface area contributed by atoms with Crippen molar-refractivity contribution in [1.29, 1.82) is 0 Å². The second-order valence-electron chi connectivity index (χ2n) is 4.56. The van der Waals surface area contributed by atoms with E-state index in [1.165, 1.54) is 0 Å². The van der Waals surface area contributed by atoms with Crippen LogP contribution in [0.2, 0.25) is 0 Å². The predicted octanol–water partition coefficient (Wildman–Crippen LogP) is 3.50. The lowest BCUT2D eigenvalue weighted by Crippen LogP contribution is -2.14. The second kappa shape index (κ2) is 5.98. The van der Waals surface area contributed by atoms with Crippen molar-refractivity contribution in [2.24, 2.45) is 0 Å². The molecule has 5 heteroatoms. The fourth-order valence-corrected chi connectivity index (χ4v) is 2.06. The van der Waals surface area contributed by atoms with Crippen LogP contribution in [0.4, 0.5) is 14.6 Å². The lowest BCUT2D eigenvalue weighted by Gasteiger charge is -2.14. The van der Waals surface area contributed by atoms with Crippen molar-refractivity contribution in [3.8, 4) is 5.88 Å². The Bertz CT molecular complexity index is 406. The van der Waals surface area contributed by atoms with Gasteiger partial charge >= 0.3 is 0 Å². The third-order valence-electron chi connectivity index (χ3n) is 3.02. The van der Waals surface area contributed by atoms with Gasteiger partial charge in [0.25, 0.3) is 5.88 Å². The number of ether oxygens (including phenoxy) is 1. The maximum absolute atomic E-state index is 13.6. The molecular weight excluding hydrogens is 238 g/mol. The van der Waals surface area contributed by atoms with Gasteiger partial charge < -0.3 is 10.1 Å². The third kappa shape index (κ3) is 3.09. The van der Waals surface area contributed by atoms with E-state index in [0.29, 0.717) is 6.54 Å². The first-order valence-electron chi connectivity index (χ1n) is 6.47. The molecule has 0 saturated heterocycles. The highest BCUT2D eigenvalue weighted by Gasteiger charge is 2.20. The summed E-state index contributed by atoms with van der Waals surface area (Å²) in [7, 11) is 0. The van der Waals surface area contributed by atoms with Crippen LogP contribution in [0.5, 0.6) is 5.88 Å². The molecule has 1 saturated carbocycles. The Morgan fingerprint density at radius 3 is 2.72 bits per heavy atom. The molecule has 0 unspecified atom stereocenters. The number of hydrogen-bond donors (Lipinski definition) is 1. The molecule has 0 aromatic carbocycles. The van der Waals surface area contributed by atoms with Gasteiger partial charge in [-0.25, -0.2) is 8.78 Å². The van der Waals surface area contributed by atoms with E-state index in [2.05, 4.69) is 10.3 Å². The molecule has 0 amide bonds. The van der Waals surface area contributed by atoms with Crippen LogP contribution in [0.25, 0.3) is 0 Å². The van der Waals surface area contributed by atoms with Gasteiger partial charge in [-0.05, 0) is 32.1 Å². The molecule has 100 valence electrons. The topological polar surface area (TPSA) is 34.2 Å². The molecular formula is C13H18F2N2O. The average Bonchev–Trinajstić information content (AvgIpc) is 2.84. The highest BCUT2D eigenvalue weighted by molar-refractivity contribution is 5.39. The number of hydrogen-bond acceptors (Lipinski definition) is 3. The molecule has 1 N–H and O–H groups in total. The van der Waals surface area contributed by atoms with Crippen LogP contribution in [-0.4, -0.2) is 17.6 Å².